The molecule has 3 aromatic rings. The second-order valence-corrected chi connectivity index (χ2v) is 9.97. The van der Waals surface area contributed by atoms with Gasteiger partial charge in [0.25, 0.3) is 11.8 Å². The normalized spacial score (nSPS) is 16.6. The molecule has 38 heavy (non-hydrogen) atoms. The van der Waals surface area contributed by atoms with E-state index in [-0.39, 0.29) is 25.0 Å². The molecule has 2 atom stereocenters. The highest BCUT2D eigenvalue weighted by atomic mass is 32.1. The molecule has 1 aliphatic heterocycles. The van der Waals surface area contributed by atoms with Crippen LogP contribution >= 0.6 is 11.3 Å². The number of nitrogens with one attached hydrogen (secondary N) is 2. The highest BCUT2D eigenvalue weighted by Crippen LogP contribution is 2.26. The van der Waals surface area contributed by atoms with Crippen LogP contribution in [0.4, 0.5) is 0 Å². The molecular weight excluding hydrogens is 506 g/mol. The third kappa shape index (κ3) is 6.36. The fourth-order valence-electron chi connectivity index (χ4n) is 4.30. The number of likely N-dealkylation sites (tertiary alicyclic amines) is 1. The molecule has 1 aliphatic rings. The summed E-state index contributed by atoms with van der Waals surface area (Å²) < 4.78 is 5.73. The van der Waals surface area contributed by atoms with Crippen LogP contribution in [0.2, 0.25) is 0 Å². The Balaban J connectivity index is 1.32. The first kappa shape index (κ1) is 26.8. The summed E-state index contributed by atoms with van der Waals surface area (Å²) >= 11 is 1.27. The number of nitrogens with two attached hydrogens (primary N) is 1. The van der Waals surface area contributed by atoms with Crippen molar-refractivity contribution in [1.29, 1.82) is 5.41 Å². The number of amidine groups is 1. The van der Waals surface area contributed by atoms with Crippen molar-refractivity contribution in [3.05, 3.63) is 82.0 Å². The number of thiophene rings is 1. The zero-order chi connectivity index (χ0) is 27.2. The average molecular weight is 536 g/mol. The van der Waals surface area contributed by atoms with E-state index in [0.717, 1.165) is 0 Å². The van der Waals surface area contributed by atoms with Crippen molar-refractivity contribution in [2.45, 2.75) is 38.4 Å². The molecule has 2 heterocycles. The summed E-state index contributed by atoms with van der Waals surface area (Å²) in [5, 5.41) is 22.8. The Morgan fingerprint density at radius 3 is 2.45 bits per heavy atom. The number of ether oxygens (including phenoxy) is 1. The van der Waals surface area contributed by atoms with Gasteiger partial charge in [-0.3, -0.25) is 25.0 Å². The summed E-state index contributed by atoms with van der Waals surface area (Å²) in [5.41, 5.74) is 6.36. The van der Waals surface area contributed by atoms with Gasteiger partial charge in [0.05, 0.1) is 13.1 Å². The second-order valence-electron chi connectivity index (χ2n) is 8.98. The molecule has 0 spiro atoms. The lowest BCUT2D eigenvalue weighted by Crippen LogP contribution is -2.51. The number of carbonyl (C=O) groups is 3. The van der Waals surface area contributed by atoms with Gasteiger partial charge < -0.3 is 20.7 Å². The van der Waals surface area contributed by atoms with E-state index in [0.29, 0.717) is 45.4 Å². The zero-order valence-electron chi connectivity index (χ0n) is 20.8. The van der Waals surface area contributed by atoms with Crippen molar-refractivity contribution in [2.24, 2.45) is 5.73 Å². The number of hydrogen-bond donors (Lipinski definition) is 4. The van der Waals surface area contributed by atoms with Gasteiger partial charge in [0, 0.05) is 27.4 Å². The largest absolute Gasteiger partial charge is 0.457 e. The minimum absolute atomic E-state index is 0.0790. The molecule has 0 aliphatic carbocycles. The Morgan fingerprint density at radius 2 is 1.79 bits per heavy atom. The minimum atomic E-state index is -0.832. The van der Waals surface area contributed by atoms with Crippen molar-refractivity contribution in [1.82, 2.24) is 15.3 Å². The predicted molar refractivity (Wildman–Crippen MR) is 142 cm³/mol. The van der Waals surface area contributed by atoms with Gasteiger partial charge in [0.15, 0.2) is 0 Å². The maximum atomic E-state index is 13.0. The van der Waals surface area contributed by atoms with E-state index in [4.69, 9.17) is 15.9 Å². The lowest BCUT2D eigenvalue weighted by Gasteiger charge is -2.29. The van der Waals surface area contributed by atoms with Crippen molar-refractivity contribution in [3.63, 3.8) is 0 Å². The quantitative estimate of drug-likeness (QED) is 0.143. The number of para-hydroxylation sites is 1. The van der Waals surface area contributed by atoms with Crippen LogP contribution in [0.3, 0.4) is 0 Å². The van der Waals surface area contributed by atoms with Crippen LogP contribution in [-0.2, 0) is 16.1 Å². The number of rotatable bonds is 9. The zero-order valence-corrected chi connectivity index (χ0v) is 21.6. The molecule has 0 saturated carbocycles. The molecule has 3 amide bonds. The minimum Gasteiger partial charge on any atom is -0.457 e. The monoisotopic (exact) mass is 535 g/mol. The molecule has 2 unspecified atom stereocenters. The number of hydroxylamine groups is 2. The third-order valence-corrected chi connectivity index (χ3v) is 7.18. The number of hydrogen-bond acceptors (Lipinski definition) is 7. The van der Waals surface area contributed by atoms with E-state index in [9.17, 15) is 19.6 Å². The van der Waals surface area contributed by atoms with Gasteiger partial charge in [0.2, 0.25) is 5.91 Å². The van der Waals surface area contributed by atoms with Crippen LogP contribution in [0.15, 0.2) is 66.0 Å². The maximum Gasteiger partial charge on any atom is 0.269 e. The fourth-order valence-corrected chi connectivity index (χ4v) is 5.16. The van der Waals surface area contributed by atoms with Crippen molar-refractivity contribution in [2.75, 3.05) is 6.54 Å². The first-order valence-corrected chi connectivity index (χ1v) is 12.9. The number of nitrogen functional groups attached to an aromatic ring is 1. The SMILES string of the molecule is CC1CCC(C(=O)N(O)Cc2cc(C(=N)N)cs2)N1C(=O)CNC(=O)c1ccc(Oc2ccccc2)cc1. The molecule has 1 saturated heterocycles. The highest BCUT2D eigenvalue weighted by Gasteiger charge is 2.40. The van der Waals surface area contributed by atoms with Gasteiger partial charge in [-0.2, -0.15) is 0 Å². The van der Waals surface area contributed by atoms with Gasteiger partial charge in [-0.1, -0.05) is 18.2 Å². The number of benzene rings is 2. The van der Waals surface area contributed by atoms with Crippen LogP contribution in [0.25, 0.3) is 0 Å². The Hall–Kier alpha value is -4.22. The summed E-state index contributed by atoms with van der Waals surface area (Å²) in [5.74, 6) is -0.276. The Kier molecular flexibility index (Phi) is 8.39. The van der Waals surface area contributed by atoms with Gasteiger partial charge in [-0.15, -0.1) is 11.3 Å². The van der Waals surface area contributed by atoms with E-state index < -0.39 is 23.8 Å². The third-order valence-electron chi connectivity index (χ3n) is 6.26. The number of carbonyl (C=O) groups excluding carboxylic acids is 3. The number of nitrogens with zero attached hydrogens (tertiary/aromatic N) is 2. The number of amides is 3. The summed E-state index contributed by atoms with van der Waals surface area (Å²) in [6.07, 6.45) is 1.00. The molecule has 1 aromatic heterocycles. The molecule has 0 bridgehead atoms. The van der Waals surface area contributed by atoms with Crippen molar-refractivity contribution in [3.8, 4) is 11.5 Å². The lowest BCUT2D eigenvalue weighted by atomic mass is 10.2. The van der Waals surface area contributed by atoms with Gasteiger partial charge in [0.1, 0.15) is 23.4 Å². The Bertz CT molecular complexity index is 1310. The van der Waals surface area contributed by atoms with E-state index in [1.807, 2.05) is 37.3 Å². The summed E-state index contributed by atoms with van der Waals surface area (Å²) in [7, 11) is 0. The topological polar surface area (TPSA) is 149 Å². The fraction of sp³-hybridized carbons (Fsp3) is 0.259. The van der Waals surface area contributed by atoms with Gasteiger partial charge in [-0.05, 0) is 62.2 Å². The smallest absolute Gasteiger partial charge is 0.269 e. The molecule has 1 fully saturated rings. The maximum absolute atomic E-state index is 13.0. The molecule has 5 N–H and O–H groups in total. The molecule has 10 nitrogen and oxygen atoms in total. The Morgan fingerprint density at radius 1 is 1.11 bits per heavy atom. The van der Waals surface area contributed by atoms with Crippen LogP contribution < -0.4 is 15.8 Å². The van der Waals surface area contributed by atoms with E-state index in [1.54, 1.807) is 35.7 Å². The molecule has 4 rings (SSSR count). The lowest BCUT2D eigenvalue weighted by molar-refractivity contribution is -0.174. The second kappa shape index (κ2) is 11.9. The summed E-state index contributed by atoms with van der Waals surface area (Å²) in [4.78, 5) is 40.7. The van der Waals surface area contributed by atoms with Crippen LogP contribution in [0.5, 0.6) is 11.5 Å². The van der Waals surface area contributed by atoms with Crippen LogP contribution in [0.1, 0.15) is 40.6 Å². The predicted octanol–water partition coefficient (Wildman–Crippen LogP) is 3.35. The molecule has 198 valence electrons. The average Bonchev–Trinajstić information content (AvgIpc) is 3.54. The van der Waals surface area contributed by atoms with Crippen LogP contribution in [0, 0.1) is 5.41 Å². The summed E-state index contributed by atoms with van der Waals surface area (Å²) in [6, 6.07) is 16.4. The standard InChI is InChI=1S/C27H29N5O5S/c1-17-7-12-23(27(35)31(36)15-22-13-19(16-38-22)25(28)29)32(17)24(33)14-30-26(34)18-8-10-21(11-9-18)37-20-5-3-2-4-6-20/h2-6,8-11,13,16-17,23,36H,7,12,14-15H2,1H3,(H3,28,29)(H,30,34). The highest BCUT2D eigenvalue weighted by molar-refractivity contribution is 7.10. The first-order chi connectivity index (χ1) is 18.2. The first-order valence-electron chi connectivity index (χ1n) is 12.1. The van der Waals surface area contributed by atoms with Crippen molar-refractivity contribution >= 4 is 34.9 Å². The molecular formula is C27H29N5O5S. The van der Waals surface area contributed by atoms with Gasteiger partial charge in [-0.25, -0.2) is 5.06 Å². The molecule has 11 heteroatoms. The van der Waals surface area contributed by atoms with E-state index in [2.05, 4.69) is 5.32 Å². The van der Waals surface area contributed by atoms with Crippen LogP contribution in [-0.4, -0.2) is 57.4 Å². The molecule has 0 radical (unpaired) electrons. The van der Waals surface area contributed by atoms with E-state index in [1.165, 1.54) is 16.2 Å². The molecule has 2 aromatic carbocycles. The summed E-state index contributed by atoms with van der Waals surface area (Å²) in [6.45, 7) is 1.47. The van der Waals surface area contributed by atoms with E-state index >= 15 is 0 Å². The van der Waals surface area contributed by atoms with Crippen molar-refractivity contribution < 1.29 is 24.3 Å². The Labute approximate surface area is 224 Å². The van der Waals surface area contributed by atoms with Gasteiger partial charge >= 0.3 is 0 Å².